The van der Waals surface area contributed by atoms with Gasteiger partial charge in [-0.15, -0.1) is 0 Å². The molecule has 1 aliphatic carbocycles. The minimum absolute atomic E-state index is 0.0441. The van der Waals surface area contributed by atoms with Gasteiger partial charge in [-0.05, 0) is 68.7 Å². The number of para-hydroxylation sites is 1. The van der Waals surface area contributed by atoms with Crippen molar-refractivity contribution < 1.29 is 14.0 Å². The van der Waals surface area contributed by atoms with Gasteiger partial charge in [-0.3, -0.25) is 0 Å². The van der Waals surface area contributed by atoms with Crippen molar-refractivity contribution in [2.45, 2.75) is 52.2 Å². The molecule has 1 saturated carbocycles. The monoisotopic (exact) mass is 374 g/mol. The Balaban J connectivity index is 1.43. The number of nitrogens with zero attached hydrogens (tertiary/aromatic N) is 1. The molecule has 3 nitrogen and oxygen atoms in total. The number of hydrogen-bond acceptors (Lipinski definition) is 2. The Kier molecular flexibility index (Phi) is 3.59. The third-order valence-electron chi connectivity index (χ3n) is 7.32. The molecule has 1 aliphatic heterocycles. The van der Waals surface area contributed by atoms with Gasteiger partial charge in [0.05, 0.1) is 17.9 Å². The van der Waals surface area contributed by atoms with E-state index in [0.29, 0.717) is 12.5 Å². The highest BCUT2D eigenvalue weighted by atomic mass is 16.5. The molecule has 28 heavy (non-hydrogen) atoms. The molecule has 1 aromatic heterocycles. The molecule has 2 heterocycles. The molecule has 3 heteroatoms. The van der Waals surface area contributed by atoms with E-state index in [1.807, 2.05) is 0 Å². The first-order chi connectivity index (χ1) is 13.4. The Hall–Kier alpha value is -2.55. The predicted octanol–water partition coefficient (Wildman–Crippen LogP) is 5.02. The molecular weight excluding hydrogens is 346 g/mol. The summed E-state index contributed by atoms with van der Waals surface area (Å²) in [6.45, 7) is 11.8. The van der Waals surface area contributed by atoms with E-state index in [1.165, 1.54) is 27.7 Å². The van der Waals surface area contributed by atoms with Gasteiger partial charge in [0, 0.05) is 19.9 Å². The van der Waals surface area contributed by atoms with Crippen molar-refractivity contribution in [2.24, 2.45) is 5.92 Å². The second-order valence-corrected chi connectivity index (χ2v) is 8.80. The number of fused-ring (bicyclic) bond motifs is 2. The summed E-state index contributed by atoms with van der Waals surface area (Å²) in [5.41, 5.74) is 4.84. The average Bonchev–Trinajstić information content (AvgIpc) is 3.15. The van der Waals surface area contributed by atoms with Crippen molar-refractivity contribution in [1.29, 1.82) is 0 Å². The van der Waals surface area contributed by atoms with Crippen LogP contribution in [0.15, 0.2) is 48.5 Å². The summed E-state index contributed by atoms with van der Waals surface area (Å²) in [6, 6.07) is 17.1. The second kappa shape index (κ2) is 5.73. The summed E-state index contributed by atoms with van der Waals surface area (Å²) in [5.74, 6) is 2.36. The Bertz CT molecular complexity index is 1110. The van der Waals surface area contributed by atoms with Crippen LogP contribution in [0.2, 0.25) is 0 Å². The van der Waals surface area contributed by atoms with Crippen LogP contribution in [0.4, 0.5) is 0 Å². The van der Waals surface area contributed by atoms with Crippen molar-refractivity contribution in [3.05, 3.63) is 65.4 Å². The summed E-state index contributed by atoms with van der Waals surface area (Å²) in [6.07, 6.45) is 0.969. The van der Waals surface area contributed by atoms with Crippen molar-refractivity contribution in [1.82, 2.24) is 0 Å². The summed E-state index contributed by atoms with van der Waals surface area (Å²) in [7, 11) is 0. The van der Waals surface area contributed by atoms with Crippen LogP contribution in [0.5, 0.6) is 11.5 Å². The van der Waals surface area contributed by atoms with Gasteiger partial charge < -0.3 is 9.47 Å². The van der Waals surface area contributed by atoms with E-state index in [2.05, 4.69) is 87.7 Å². The molecule has 144 valence electrons. The fraction of sp³-hybridized carbons (Fsp3) is 0.400. The second-order valence-electron chi connectivity index (χ2n) is 8.80. The molecule has 2 aromatic carbocycles. The minimum atomic E-state index is -0.197. The van der Waals surface area contributed by atoms with E-state index >= 15 is 0 Å². The van der Waals surface area contributed by atoms with Crippen molar-refractivity contribution >= 4 is 10.9 Å². The normalized spacial score (nSPS) is 27.2. The first-order valence-corrected chi connectivity index (χ1v) is 10.2. The van der Waals surface area contributed by atoms with Crippen LogP contribution in [0.3, 0.4) is 0 Å². The number of ether oxygens (including phenoxy) is 2. The van der Waals surface area contributed by atoms with Gasteiger partial charge in [-0.25, -0.2) is 0 Å². The standard InChI is InChI=1S/C25H28NO2/c1-16-9-12-20(15-17(16)2)27-14-13-22-24(4)25(22,5)28-21-8-6-7-19-11-10-18(3)26(24)23(19)21/h6-12,15,22H,13-14H2,1-5H3/q+1. The highest BCUT2D eigenvalue weighted by molar-refractivity contribution is 5.82. The fourth-order valence-corrected chi connectivity index (χ4v) is 5.34. The van der Waals surface area contributed by atoms with Gasteiger partial charge >= 0.3 is 0 Å². The maximum absolute atomic E-state index is 6.60. The van der Waals surface area contributed by atoms with Gasteiger partial charge in [0.15, 0.2) is 17.0 Å². The molecule has 0 spiro atoms. The van der Waals surface area contributed by atoms with Crippen molar-refractivity contribution in [3.63, 3.8) is 0 Å². The first kappa shape index (κ1) is 17.5. The SMILES string of the molecule is Cc1ccc(OCCC2C3(C)Oc4cccc5ccc(C)[n+](c45)C23C)cc1C. The molecule has 0 radical (unpaired) electrons. The number of benzene rings is 2. The molecule has 1 fully saturated rings. The van der Waals surface area contributed by atoms with Gasteiger partial charge in [-0.1, -0.05) is 12.1 Å². The summed E-state index contributed by atoms with van der Waals surface area (Å²) < 4.78 is 15.2. The highest BCUT2D eigenvalue weighted by Crippen LogP contribution is 2.63. The van der Waals surface area contributed by atoms with Gasteiger partial charge in [0.25, 0.3) is 5.52 Å². The molecule has 3 atom stereocenters. The van der Waals surface area contributed by atoms with Crippen molar-refractivity contribution in [3.8, 4) is 11.5 Å². The van der Waals surface area contributed by atoms with Crippen LogP contribution >= 0.6 is 0 Å². The molecule has 3 unspecified atom stereocenters. The average molecular weight is 375 g/mol. The number of aryl methyl sites for hydroxylation is 3. The lowest BCUT2D eigenvalue weighted by molar-refractivity contribution is -0.729. The van der Waals surface area contributed by atoms with Crippen LogP contribution in [0.25, 0.3) is 10.9 Å². The Morgan fingerprint density at radius 3 is 2.61 bits per heavy atom. The highest BCUT2D eigenvalue weighted by Gasteiger charge is 2.83. The zero-order chi connectivity index (χ0) is 19.7. The maximum Gasteiger partial charge on any atom is 0.255 e. The van der Waals surface area contributed by atoms with E-state index in [4.69, 9.17) is 9.47 Å². The Morgan fingerprint density at radius 1 is 1.00 bits per heavy atom. The molecule has 2 aliphatic rings. The first-order valence-electron chi connectivity index (χ1n) is 10.2. The zero-order valence-electron chi connectivity index (χ0n) is 17.4. The quantitative estimate of drug-likeness (QED) is 0.599. The Morgan fingerprint density at radius 2 is 1.82 bits per heavy atom. The zero-order valence-corrected chi connectivity index (χ0v) is 17.4. The fourth-order valence-electron chi connectivity index (χ4n) is 5.34. The summed E-state index contributed by atoms with van der Waals surface area (Å²) in [5, 5.41) is 1.24. The third-order valence-corrected chi connectivity index (χ3v) is 7.32. The van der Waals surface area contributed by atoms with Gasteiger partial charge in [0.2, 0.25) is 5.54 Å². The van der Waals surface area contributed by atoms with E-state index in [9.17, 15) is 0 Å². The molecule has 0 saturated heterocycles. The van der Waals surface area contributed by atoms with E-state index < -0.39 is 0 Å². The number of hydrogen-bond donors (Lipinski definition) is 0. The molecular formula is C25H28NO2+. The lowest BCUT2D eigenvalue weighted by Gasteiger charge is -2.24. The van der Waals surface area contributed by atoms with Crippen LogP contribution in [-0.2, 0) is 5.54 Å². The summed E-state index contributed by atoms with van der Waals surface area (Å²) in [4.78, 5) is 0. The number of pyridine rings is 1. The van der Waals surface area contributed by atoms with Crippen molar-refractivity contribution in [2.75, 3.05) is 6.61 Å². The molecule has 0 N–H and O–H groups in total. The number of rotatable bonds is 4. The third kappa shape index (κ3) is 2.19. The largest absolute Gasteiger partial charge is 0.494 e. The molecule has 0 amide bonds. The minimum Gasteiger partial charge on any atom is -0.494 e. The topological polar surface area (TPSA) is 22.3 Å². The lowest BCUT2D eigenvalue weighted by Crippen LogP contribution is -2.56. The number of aromatic nitrogens is 1. The van der Waals surface area contributed by atoms with Crippen LogP contribution in [-0.4, -0.2) is 12.2 Å². The lowest BCUT2D eigenvalue weighted by atomic mass is 10.1. The van der Waals surface area contributed by atoms with Crippen LogP contribution in [0, 0.1) is 26.7 Å². The van der Waals surface area contributed by atoms with Gasteiger partial charge in [-0.2, -0.15) is 4.57 Å². The maximum atomic E-state index is 6.60. The Labute approximate surface area is 166 Å². The van der Waals surface area contributed by atoms with E-state index in [-0.39, 0.29) is 11.1 Å². The van der Waals surface area contributed by atoms with E-state index in [0.717, 1.165) is 17.9 Å². The molecule has 3 aromatic rings. The molecule has 5 rings (SSSR count). The van der Waals surface area contributed by atoms with Crippen LogP contribution in [0.1, 0.15) is 37.1 Å². The van der Waals surface area contributed by atoms with Crippen LogP contribution < -0.4 is 14.0 Å². The smallest absolute Gasteiger partial charge is 0.255 e. The molecule has 0 bridgehead atoms. The predicted molar refractivity (Wildman–Crippen MR) is 111 cm³/mol. The van der Waals surface area contributed by atoms with Gasteiger partial charge in [0.1, 0.15) is 5.75 Å². The van der Waals surface area contributed by atoms with E-state index in [1.54, 1.807) is 0 Å². The summed E-state index contributed by atoms with van der Waals surface area (Å²) >= 11 is 0.